The van der Waals surface area contributed by atoms with E-state index in [1.165, 1.54) is 29.7 Å². The number of nitriles is 1. The van der Waals surface area contributed by atoms with Gasteiger partial charge in [0.15, 0.2) is 0 Å². The summed E-state index contributed by atoms with van der Waals surface area (Å²) in [5.74, 6) is 0.759. The van der Waals surface area contributed by atoms with Crippen molar-refractivity contribution in [3.63, 3.8) is 0 Å². The minimum Gasteiger partial charge on any atom is -0.497 e. The molecule has 1 N–H and O–H groups in total. The van der Waals surface area contributed by atoms with Crippen LogP contribution in [0.15, 0.2) is 58.5 Å². The Morgan fingerprint density at radius 3 is 2.71 bits per heavy atom. The van der Waals surface area contributed by atoms with Crippen molar-refractivity contribution in [2.45, 2.75) is 0 Å². The van der Waals surface area contributed by atoms with E-state index in [4.69, 9.17) is 4.74 Å². The van der Waals surface area contributed by atoms with Gasteiger partial charge in [0.1, 0.15) is 22.4 Å². The van der Waals surface area contributed by atoms with Crippen molar-refractivity contribution in [2.75, 3.05) is 12.4 Å². The molecule has 1 heterocycles. The van der Waals surface area contributed by atoms with Gasteiger partial charge in [0.05, 0.1) is 23.4 Å². The molecular formula is C19H13BrN4O3S. The number of aromatic nitrogens is 1. The summed E-state index contributed by atoms with van der Waals surface area (Å²) in [5, 5.41) is 25.7. The fraction of sp³-hybridized carbons (Fsp3) is 0.0526. The number of nitrogens with one attached hydrogen (secondary N) is 1. The van der Waals surface area contributed by atoms with Gasteiger partial charge in [-0.25, -0.2) is 4.98 Å². The number of non-ortho nitro benzene ring substituents is 1. The molecule has 140 valence electrons. The maximum atomic E-state index is 10.8. The van der Waals surface area contributed by atoms with Crippen molar-refractivity contribution in [2.24, 2.45) is 0 Å². The number of nitro groups is 1. The molecule has 3 rings (SSSR count). The first-order chi connectivity index (χ1) is 13.5. The molecule has 0 bridgehead atoms. The molecule has 0 spiro atoms. The maximum absolute atomic E-state index is 10.8. The number of thiazole rings is 1. The van der Waals surface area contributed by atoms with Crippen LogP contribution in [0.2, 0.25) is 0 Å². The van der Waals surface area contributed by atoms with Crippen LogP contribution in [0.3, 0.4) is 0 Å². The van der Waals surface area contributed by atoms with Gasteiger partial charge in [-0.2, -0.15) is 5.26 Å². The molecule has 0 saturated carbocycles. The highest BCUT2D eigenvalue weighted by Crippen LogP contribution is 2.29. The summed E-state index contributed by atoms with van der Waals surface area (Å²) in [6.07, 6.45) is 1.53. The van der Waals surface area contributed by atoms with Gasteiger partial charge < -0.3 is 10.1 Å². The molecule has 28 heavy (non-hydrogen) atoms. The Balaban J connectivity index is 1.81. The number of nitro benzene ring substituents is 1. The minimum atomic E-state index is -0.471. The van der Waals surface area contributed by atoms with E-state index in [-0.39, 0.29) is 5.69 Å². The monoisotopic (exact) mass is 456 g/mol. The van der Waals surface area contributed by atoms with Crippen molar-refractivity contribution in [3.05, 3.63) is 73.6 Å². The average Bonchev–Trinajstić information content (AvgIpc) is 3.19. The quantitative estimate of drug-likeness (QED) is 0.299. The van der Waals surface area contributed by atoms with E-state index >= 15 is 0 Å². The Hall–Kier alpha value is -3.22. The lowest BCUT2D eigenvalue weighted by molar-refractivity contribution is -0.384. The number of anilines is 1. The molecule has 0 saturated heterocycles. The summed E-state index contributed by atoms with van der Waals surface area (Å²) in [5.41, 5.74) is 2.62. The lowest BCUT2D eigenvalue weighted by Crippen LogP contribution is -1.94. The SMILES string of the molecule is COc1ccc(-c2csc(/C(C#N)=C/Nc3ccc([N+](=O)[O-])cc3Br)n2)cc1. The standard InChI is InChI=1S/C19H13BrN4O3S/c1-27-15-5-2-12(3-6-15)18-11-28-19(23-18)13(9-21)10-22-17-7-4-14(24(25)26)8-16(17)20/h2-8,10-11,22H,1H3/b13-10+. The highest BCUT2D eigenvalue weighted by molar-refractivity contribution is 9.10. The number of ether oxygens (including phenoxy) is 1. The van der Waals surface area contributed by atoms with Gasteiger partial charge in [-0.1, -0.05) is 0 Å². The predicted molar refractivity (Wildman–Crippen MR) is 112 cm³/mol. The highest BCUT2D eigenvalue weighted by atomic mass is 79.9. The van der Waals surface area contributed by atoms with E-state index in [9.17, 15) is 15.4 Å². The summed E-state index contributed by atoms with van der Waals surface area (Å²) < 4.78 is 5.67. The fourth-order valence-electron chi connectivity index (χ4n) is 2.32. The smallest absolute Gasteiger partial charge is 0.270 e. The molecule has 2 aromatic carbocycles. The van der Waals surface area contributed by atoms with Gasteiger partial charge in [-0.05, 0) is 46.3 Å². The summed E-state index contributed by atoms with van der Waals surface area (Å²) in [7, 11) is 1.61. The van der Waals surface area contributed by atoms with Gasteiger partial charge in [0, 0.05) is 33.7 Å². The molecule has 0 fully saturated rings. The number of nitrogens with zero attached hydrogens (tertiary/aromatic N) is 3. The van der Waals surface area contributed by atoms with E-state index < -0.39 is 4.92 Å². The van der Waals surface area contributed by atoms with E-state index in [0.29, 0.717) is 20.7 Å². The van der Waals surface area contributed by atoms with Crippen LogP contribution in [-0.4, -0.2) is 17.0 Å². The molecule has 0 atom stereocenters. The van der Waals surface area contributed by atoms with E-state index in [2.05, 4.69) is 32.3 Å². The zero-order valence-electron chi connectivity index (χ0n) is 14.5. The van der Waals surface area contributed by atoms with E-state index in [1.807, 2.05) is 29.6 Å². The zero-order valence-corrected chi connectivity index (χ0v) is 17.0. The zero-order chi connectivity index (χ0) is 20.1. The Labute approximate surface area is 173 Å². The average molecular weight is 457 g/mol. The Morgan fingerprint density at radius 1 is 1.36 bits per heavy atom. The third kappa shape index (κ3) is 4.36. The maximum Gasteiger partial charge on any atom is 0.270 e. The third-order valence-corrected chi connectivity index (χ3v) is 5.31. The Morgan fingerprint density at radius 2 is 2.11 bits per heavy atom. The van der Waals surface area contributed by atoms with Crippen LogP contribution in [0.25, 0.3) is 16.8 Å². The number of rotatable bonds is 6. The van der Waals surface area contributed by atoms with Gasteiger partial charge >= 0.3 is 0 Å². The first kappa shape index (κ1) is 19.5. The molecule has 1 aromatic heterocycles. The van der Waals surface area contributed by atoms with Gasteiger partial charge in [0.2, 0.25) is 0 Å². The van der Waals surface area contributed by atoms with Crippen molar-refractivity contribution in [1.82, 2.24) is 4.98 Å². The van der Waals surface area contributed by atoms with Crippen molar-refractivity contribution in [1.29, 1.82) is 5.26 Å². The topological polar surface area (TPSA) is 101 Å². The number of benzene rings is 2. The molecule has 9 heteroatoms. The third-order valence-electron chi connectivity index (χ3n) is 3.78. The minimum absolute atomic E-state index is 0.0223. The molecule has 0 aliphatic carbocycles. The van der Waals surface area contributed by atoms with Gasteiger partial charge in [0.25, 0.3) is 5.69 Å². The number of methoxy groups -OCH3 is 1. The van der Waals surface area contributed by atoms with Crippen molar-refractivity contribution in [3.8, 4) is 23.1 Å². The summed E-state index contributed by atoms with van der Waals surface area (Å²) in [4.78, 5) is 14.9. The Kier molecular flexibility index (Phi) is 6.03. The van der Waals surface area contributed by atoms with Crippen LogP contribution in [0.1, 0.15) is 5.01 Å². The fourth-order valence-corrected chi connectivity index (χ4v) is 3.59. The van der Waals surface area contributed by atoms with Crippen molar-refractivity contribution >= 4 is 44.2 Å². The normalized spacial score (nSPS) is 11.0. The van der Waals surface area contributed by atoms with Gasteiger partial charge in [-0.15, -0.1) is 11.3 Å². The number of halogens is 1. The van der Waals surface area contributed by atoms with Crippen LogP contribution in [0, 0.1) is 21.4 Å². The second-order valence-electron chi connectivity index (χ2n) is 5.50. The van der Waals surface area contributed by atoms with E-state index in [1.54, 1.807) is 13.2 Å². The molecular weight excluding hydrogens is 444 g/mol. The van der Waals surface area contributed by atoms with Crippen LogP contribution < -0.4 is 10.1 Å². The summed E-state index contributed by atoms with van der Waals surface area (Å²) >= 11 is 4.65. The summed E-state index contributed by atoms with van der Waals surface area (Å²) in [6, 6.07) is 14.0. The molecule has 7 nitrogen and oxygen atoms in total. The Bertz CT molecular complexity index is 1090. The van der Waals surface area contributed by atoms with Crippen molar-refractivity contribution < 1.29 is 9.66 Å². The van der Waals surface area contributed by atoms with Crippen LogP contribution in [0.4, 0.5) is 11.4 Å². The predicted octanol–water partition coefficient (Wildman–Crippen LogP) is 5.47. The van der Waals surface area contributed by atoms with Crippen LogP contribution in [-0.2, 0) is 0 Å². The number of hydrogen-bond acceptors (Lipinski definition) is 7. The molecule has 0 unspecified atom stereocenters. The number of allylic oxidation sites excluding steroid dienone is 1. The first-order valence-electron chi connectivity index (χ1n) is 7.93. The van der Waals surface area contributed by atoms with Crippen LogP contribution in [0.5, 0.6) is 5.75 Å². The number of hydrogen-bond donors (Lipinski definition) is 1. The summed E-state index contributed by atoms with van der Waals surface area (Å²) in [6.45, 7) is 0. The van der Waals surface area contributed by atoms with E-state index in [0.717, 1.165) is 17.0 Å². The molecule has 3 aromatic rings. The van der Waals surface area contributed by atoms with Gasteiger partial charge in [-0.3, -0.25) is 10.1 Å². The molecule has 0 radical (unpaired) electrons. The molecule has 0 amide bonds. The highest BCUT2D eigenvalue weighted by Gasteiger charge is 2.11. The lowest BCUT2D eigenvalue weighted by atomic mass is 10.2. The second-order valence-corrected chi connectivity index (χ2v) is 7.21. The van der Waals surface area contributed by atoms with Crippen LogP contribution >= 0.6 is 27.3 Å². The second kappa shape index (κ2) is 8.65. The molecule has 0 aliphatic heterocycles. The largest absolute Gasteiger partial charge is 0.497 e. The lowest BCUT2D eigenvalue weighted by Gasteiger charge is -2.04. The molecule has 0 aliphatic rings. The first-order valence-corrected chi connectivity index (χ1v) is 9.60.